The number of aryl methyl sites for hydroxylation is 2. The number of nitrogens with one attached hydrogen (secondary N) is 1. The zero-order valence-electron chi connectivity index (χ0n) is 13.9. The number of likely N-dealkylation sites (tertiary alicyclic amines) is 1. The lowest BCUT2D eigenvalue weighted by molar-refractivity contribution is 0.0859. The fourth-order valence-electron chi connectivity index (χ4n) is 2.91. The Balaban J connectivity index is 1.54. The summed E-state index contributed by atoms with van der Waals surface area (Å²) in [7, 11) is 0. The Labute approximate surface area is 140 Å². The molecule has 126 valence electrons. The third-order valence-corrected chi connectivity index (χ3v) is 4.35. The number of ketones is 1. The summed E-state index contributed by atoms with van der Waals surface area (Å²) in [5.74, 6) is 1.20. The molecule has 0 atom stereocenters. The van der Waals surface area contributed by atoms with Gasteiger partial charge in [0.25, 0.3) is 0 Å². The van der Waals surface area contributed by atoms with Gasteiger partial charge in [0.2, 0.25) is 0 Å². The maximum absolute atomic E-state index is 12.5. The Morgan fingerprint density at radius 3 is 2.42 bits per heavy atom. The van der Waals surface area contributed by atoms with Crippen molar-refractivity contribution >= 4 is 17.6 Å². The van der Waals surface area contributed by atoms with Crippen LogP contribution in [0.15, 0.2) is 34.9 Å². The topological polar surface area (TPSA) is 75.4 Å². The number of rotatable bonds is 3. The highest BCUT2D eigenvalue weighted by atomic mass is 16.5. The predicted molar refractivity (Wildman–Crippen MR) is 90.1 cm³/mol. The SMILES string of the molecule is Cc1ccc(C(=O)C2CCN(C(=O)Nc3cc(C)on3)CC2)cc1. The molecule has 24 heavy (non-hydrogen) atoms. The zero-order chi connectivity index (χ0) is 17.1. The smallest absolute Gasteiger partial charge is 0.323 e. The minimum atomic E-state index is -0.204. The Bertz CT molecular complexity index is 728. The molecule has 0 unspecified atom stereocenters. The van der Waals surface area contributed by atoms with Gasteiger partial charge in [-0.3, -0.25) is 10.1 Å². The second-order valence-corrected chi connectivity index (χ2v) is 6.24. The van der Waals surface area contributed by atoms with Gasteiger partial charge in [0.05, 0.1) is 0 Å². The van der Waals surface area contributed by atoms with Gasteiger partial charge in [-0.1, -0.05) is 35.0 Å². The second-order valence-electron chi connectivity index (χ2n) is 6.24. The molecule has 6 heteroatoms. The average molecular weight is 327 g/mol. The highest BCUT2D eigenvalue weighted by molar-refractivity contribution is 5.98. The van der Waals surface area contributed by atoms with Crippen LogP contribution in [0.25, 0.3) is 0 Å². The number of piperidine rings is 1. The van der Waals surface area contributed by atoms with Gasteiger partial charge in [0, 0.05) is 30.6 Å². The molecule has 0 spiro atoms. The highest BCUT2D eigenvalue weighted by Crippen LogP contribution is 2.22. The van der Waals surface area contributed by atoms with Gasteiger partial charge in [0.1, 0.15) is 5.76 Å². The molecular weight excluding hydrogens is 306 g/mol. The molecule has 3 rings (SSSR count). The summed E-state index contributed by atoms with van der Waals surface area (Å²) < 4.78 is 4.93. The van der Waals surface area contributed by atoms with Crippen molar-refractivity contribution < 1.29 is 14.1 Å². The first-order valence-corrected chi connectivity index (χ1v) is 8.13. The van der Waals surface area contributed by atoms with E-state index in [4.69, 9.17) is 4.52 Å². The number of carbonyl (C=O) groups is 2. The standard InChI is InChI=1S/C18H21N3O3/c1-12-3-5-14(6-4-12)17(22)15-7-9-21(10-8-15)18(23)19-16-11-13(2)24-20-16/h3-6,11,15H,7-10H2,1-2H3,(H,19,20,23). The van der Waals surface area contributed by atoms with E-state index in [1.807, 2.05) is 31.2 Å². The lowest BCUT2D eigenvalue weighted by Crippen LogP contribution is -2.42. The fourth-order valence-corrected chi connectivity index (χ4v) is 2.91. The molecule has 6 nitrogen and oxygen atoms in total. The highest BCUT2D eigenvalue weighted by Gasteiger charge is 2.28. The maximum Gasteiger partial charge on any atom is 0.323 e. The van der Waals surface area contributed by atoms with Crippen molar-refractivity contribution in [2.24, 2.45) is 5.92 Å². The summed E-state index contributed by atoms with van der Waals surface area (Å²) >= 11 is 0. The van der Waals surface area contributed by atoms with E-state index in [1.54, 1.807) is 17.9 Å². The first kappa shape index (κ1) is 16.2. The van der Waals surface area contributed by atoms with Crippen molar-refractivity contribution in [1.82, 2.24) is 10.1 Å². The quantitative estimate of drug-likeness (QED) is 0.877. The van der Waals surface area contributed by atoms with Crippen LogP contribution in [0.4, 0.5) is 10.6 Å². The lowest BCUT2D eigenvalue weighted by Gasteiger charge is -2.31. The van der Waals surface area contributed by atoms with Crippen LogP contribution < -0.4 is 5.32 Å². The normalized spacial score (nSPS) is 15.3. The van der Waals surface area contributed by atoms with E-state index in [0.717, 1.165) is 11.1 Å². The van der Waals surface area contributed by atoms with Crippen LogP contribution in [-0.4, -0.2) is 35.0 Å². The van der Waals surface area contributed by atoms with E-state index in [2.05, 4.69) is 10.5 Å². The van der Waals surface area contributed by atoms with Crippen LogP contribution in [0.3, 0.4) is 0 Å². The third-order valence-electron chi connectivity index (χ3n) is 4.35. The summed E-state index contributed by atoms with van der Waals surface area (Å²) in [5.41, 5.74) is 1.89. The first-order chi connectivity index (χ1) is 11.5. The summed E-state index contributed by atoms with van der Waals surface area (Å²) in [4.78, 5) is 26.5. The molecule has 2 heterocycles. The molecule has 1 aromatic heterocycles. The Morgan fingerprint density at radius 2 is 1.83 bits per heavy atom. The number of benzene rings is 1. The van der Waals surface area contributed by atoms with Gasteiger partial charge in [0.15, 0.2) is 11.6 Å². The van der Waals surface area contributed by atoms with Gasteiger partial charge in [-0.25, -0.2) is 4.79 Å². The van der Waals surface area contributed by atoms with Crippen molar-refractivity contribution in [3.63, 3.8) is 0 Å². The number of aromatic nitrogens is 1. The minimum absolute atomic E-state index is 0.0222. The van der Waals surface area contributed by atoms with Gasteiger partial charge in [-0.05, 0) is 26.7 Å². The van der Waals surface area contributed by atoms with Crippen LogP contribution in [0, 0.1) is 19.8 Å². The third kappa shape index (κ3) is 3.64. The van der Waals surface area contributed by atoms with Crippen molar-refractivity contribution in [1.29, 1.82) is 0 Å². The van der Waals surface area contributed by atoms with Crippen LogP contribution in [0.5, 0.6) is 0 Å². The largest absolute Gasteiger partial charge is 0.360 e. The van der Waals surface area contributed by atoms with Crippen LogP contribution in [0.2, 0.25) is 0 Å². The number of anilines is 1. The monoisotopic (exact) mass is 327 g/mol. The first-order valence-electron chi connectivity index (χ1n) is 8.13. The summed E-state index contributed by atoms with van der Waals surface area (Å²) in [5, 5.41) is 6.46. The van der Waals surface area contributed by atoms with E-state index in [0.29, 0.717) is 37.5 Å². The molecule has 1 fully saturated rings. The van der Waals surface area contributed by atoms with Crippen LogP contribution in [-0.2, 0) is 0 Å². The van der Waals surface area contributed by atoms with Crippen molar-refractivity contribution in [3.05, 3.63) is 47.2 Å². The molecule has 2 amide bonds. The Morgan fingerprint density at radius 1 is 1.17 bits per heavy atom. The van der Waals surface area contributed by atoms with E-state index >= 15 is 0 Å². The van der Waals surface area contributed by atoms with Gasteiger partial charge >= 0.3 is 6.03 Å². The average Bonchev–Trinajstić information content (AvgIpc) is 3.00. The van der Waals surface area contributed by atoms with Crippen LogP contribution >= 0.6 is 0 Å². The van der Waals surface area contributed by atoms with Gasteiger partial charge in [-0.2, -0.15) is 0 Å². The predicted octanol–water partition coefficient (Wildman–Crippen LogP) is 3.42. The summed E-state index contributed by atoms with van der Waals surface area (Å²) in [6.07, 6.45) is 1.36. The van der Waals surface area contributed by atoms with E-state index in [1.165, 1.54) is 0 Å². The number of carbonyl (C=O) groups excluding carboxylic acids is 2. The molecule has 0 radical (unpaired) electrons. The fraction of sp³-hybridized carbons (Fsp3) is 0.389. The van der Waals surface area contributed by atoms with E-state index < -0.39 is 0 Å². The van der Waals surface area contributed by atoms with Gasteiger partial charge < -0.3 is 9.42 Å². The number of hydrogen-bond donors (Lipinski definition) is 1. The molecule has 1 aromatic carbocycles. The van der Waals surface area contributed by atoms with Crippen LogP contribution in [0.1, 0.15) is 34.5 Å². The Hall–Kier alpha value is -2.63. The summed E-state index contributed by atoms with van der Waals surface area (Å²) in [6, 6.07) is 9.13. The zero-order valence-corrected chi connectivity index (χ0v) is 13.9. The van der Waals surface area contributed by atoms with Gasteiger partial charge in [-0.15, -0.1) is 0 Å². The molecule has 2 aromatic rings. The van der Waals surface area contributed by atoms with E-state index in [-0.39, 0.29) is 17.7 Å². The molecule has 1 N–H and O–H groups in total. The number of amides is 2. The van der Waals surface area contributed by atoms with Crippen molar-refractivity contribution in [2.75, 3.05) is 18.4 Å². The van der Waals surface area contributed by atoms with Crippen molar-refractivity contribution in [2.45, 2.75) is 26.7 Å². The van der Waals surface area contributed by atoms with Crippen molar-refractivity contribution in [3.8, 4) is 0 Å². The number of hydrogen-bond acceptors (Lipinski definition) is 4. The molecule has 0 saturated carbocycles. The molecule has 1 aliphatic rings. The minimum Gasteiger partial charge on any atom is -0.360 e. The number of urea groups is 1. The maximum atomic E-state index is 12.5. The molecule has 0 aliphatic carbocycles. The lowest BCUT2D eigenvalue weighted by atomic mass is 9.89. The molecule has 1 saturated heterocycles. The molecule has 0 bridgehead atoms. The van der Waals surface area contributed by atoms with E-state index in [9.17, 15) is 9.59 Å². The number of nitrogens with zero attached hydrogens (tertiary/aromatic N) is 2. The summed E-state index contributed by atoms with van der Waals surface area (Å²) in [6.45, 7) is 4.89. The Kier molecular flexibility index (Phi) is 4.64. The second kappa shape index (κ2) is 6.86. The molecular formula is C18H21N3O3. The number of Topliss-reactive ketones (excluding diaryl/α,β-unsaturated/α-hetero) is 1. The molecule has 1 aliphatic heterocycles.